The number of carbonyl (C=O) groups excluding carboxylic acids is 1. The number of H-pyrrole nitrogens is 1. The summed E-state index contributed by atoms with van der Waals surface area (Å²) in [6.45, 7) is -0.000983. The van der Waals surface area contributed by atoms with Crippen LogP contribution in [0.25, 0.3) is 10.9 Å². The minimum absolute atomic E-state index is 0.000983. The minimum Gasteiger partial charge on any atom is -0.461 e. The van der Waals surface area contributed by atoms with E-state index in [4.69, 9.17) is 27.9 Å². The van der Waals surface area contributed by atoms with Gasteiger partial charge in [0.05, 0.1) is 17.3 Å². The van der Waals surface area contributed by atoms with E-state index in [0.717, 1.165) is 0 Å². The lowest BCUT2D eigenvalue weighted by Gasteiger charge is -2.08. The van der Waals surface area contributed by atoms with Gasteiger partial charge in [-0.25, -0.2) is 4.98 Å². The van der Waals surface area contributed by atoms with E-state index in [-0.39, 0.29) is 25.0 Å². The summed E-state index contributed by atoms with van der Waals surface area (Å²) in [5.41, 5.74) is 0.936. The van der Waals surface area contributed by atoms with Crippen LogP contribution >= 0.6 is 23.2 Å². The van der Waals surface area contributed by atoms with Gasteiger partial charge >= 0.3 is 5.97 Å². The van der Waals surface area contributed by atoms with Crippen LogP contribution in [0, 0.1) is 0 Å². The molecule has 0 radical (unpaired) electrons. The largest absolute Gasteiger partial charge is 0.461 e. The zero-order valence-electron chi connectivity index (χ0n) is 13.1. The molecule has 0 saturated heterocycles. The van der Waals surface area contributed by atoms with Crippen molar-refractivity contribution in [2.45, 2.75) is 19.4 Å². The second kappa shape index (κ2) is 7.68. The van der Waals surface area contributed by atoms with E-state index in [1.54, 1.807) is 42.5 Å². The number of rotatable bonds is 5. The third kappa shape index (κ3) is 4.18. The molecule has 1 N–H and O–H groups in total. The zero-order valence-corrected chi connectivity index (χ0v) is 14.6. The molecular weight excluding hydrogens is 363 g/mol. The van der Waals surface area contributed by atoms with Crippen molar-refractivity contribution < 1.29 is 9.53 Å². The Morgan fingerprint density at radius 1 is 1.08 bits per heavy atom. The number of ether oxygens (including phenoxy) is 1. The van der Waals surface area contributed by atoms with Crippen LogP contribution in [-0.4, -0.2) is 15.9 Å². The summed E-state index contributed by atoms with van der Waals surface area (Å²) in [5, 5.41) is 1.41. The van der Waals surface area contributed by atoms with Crippen LogP contribution in [0.3, 0.4) is 0 Å². The van der Waals surface area contributed by atoms with E-state index < -0.39 is 5.97 Å². The van der Waals surface area contributed by atoms with Gasteiger partial charge in [0.1, 0.15) is 12.4 Å². The summed E-state index contributed by atoms with van der Waals surface area (Å²) >= 11 is 12.1. The van der Waals surface area contributed by atoms with Gasteiger partial charge in [-0.05, 0) is 24.3 Å². The SMILES string of the molecule is O=C(CCc1nc2ccccc2c(=O)[nH]1)OCc1c(Cl)cccc1Cl. The molecule has 5 nitrogen and oxygen atoms in total. The predicted octanol–water partition coefficient (Wildman–Crippen LogP) is 3.91. The number of fused-ring (bicyclic) bond motifs is 1. The number of esters is 1. The van der Waals surface area contributed by atoms with Crippen LogP contribution in [-0.2, 0) is 22.6 Å². The van der Waals surface area contributed by atoms with Crippen molar-refractivity contribution in [1.82, 2.24) is 9.97 Å². The third-order valence-electron chi connectivity index (χ3n) is 3.67. The van der Waals surface area contributed by atoms with Gasteiger partial charge in [0.2, 0.25) is 0 Å². The Morgan fingerprint density at radius 3 is 2.56 bits per heavy atom. The number of aryl methyl sites for hydroxylation is 1. The number of aromatic amines is 1. The van der Waals surface area contributed by atoms with Crippen molar-refractivity contribution in [1.29, 1.82) is 0 Å². The molecule has 7 heteroatoms. The minimum atomic E-state index is -0.424. The Morgan fingerprint density at radius 2 is 1.80 bits per heavy atom. The Labute approximate surface area is 153 Å². The molecule has 0 unspecified atom stereocenters. The number of para-hydroxylation sites is 1. The highest BCUT2D eigenvalue weighted by atomic mass is 35.5. The Hall–Kier alpha value is -2.37. The number of hydrogen-bond donors (Lipinski definition) is 1. The standard InChI is InChI=1S/C18H14Cl2N2O3/c19-13-5-3-6-14(20)12(13)10-25-17(23)9-8-16-21-15-7-2-1-4-11(15)18(24)22-16/h1-7H,8-10H2,(H,21,22,24). The van der Waals surface area contributed by atoms with E-state index in [0.29, 0.717) is 32.3 Å². The predicted molar refractivity (Wildman–Crippen MR) is 96.9 cm³/mol. The molecule has 0 bridgehead atoms. The third-order valence-corrected chi connectivity index (χ3v) is 4.38. The van der Waals surface area contributed by atoms with Crippen LogP contribution in [0.2, 0.25) is 10.0 Å². The fourth-order valence-corrected chi connectivity index (χ4v) is 2.88. The van der Waals surface area contributed by atoms with E-state index in [1.165, 1.54) is 0 Å². The summed E-state index contributed by atoms with van der Waals surface area (Å²) in [4.78, 5) is 31.0. The van der Waals surface area contributed by atoms with Crippen molar-refractivity contribution >= 4 is 40.1 Å². The van der Waals surface area contributed by atoms with Crippen LogP contribution < -0.4 is 5.56 Å². The van der Waals surface area contributed by atoms with E-state index in [2.05, 4.69) is 9.97 Å². The monoisotopic (exact) mass is 376 g/mol. The molecule has 3 aromatic rings. The molecule has 2 aromatic carbocycles. The second-order valence-electron chi connectivity index (χ2n) is 5.39. The van der Waals surface area contributed by atoms with Crippen molar-refractivity contribution in [2.75, 3.05) is 0 Å². The van der Waals surface area contributed by atoms with Gasteiger partial charge in [-0.3, -0.25) is 9.59 Å². The first-order chi connectivity index (χ1) is 12.0. The van der Waals surface area contributed by atoms with E-state index in [1.807, 2.05) is 0 Å². The smallest absolute Gasteiger partial charge is 0.306 e. The molecule has 0 aliphatic rings. The number of halogens is 2. The van der Waals surface area contributed by atoms with Gasteiger partial charge in [0, 0.05) is 22.0 Å². The Bertz CT molecular complexity index is 965. The maximum atomic E-state index is 12.0. The molecule has 0 saturated carbocycles. The van der Waals surface area contributed by atoms with Gasteiger partial charge in [0.25, 0.3) is 5.56 Å². The number of hydrogen-bond acceptors (Lipinski definition) is 4. The maximum absolute atomic E-state index is 12.0. The first-order valence-corrected chi connectivity index (χ1v) is 8.36. The van der Waals surface area contributed by atoms with E-state index in [9.17, 15) is 9.59 Å². The highest BCUT2D eigenvalue weighted by Gasteiger charge is 2.11. The number of aromatic nitrogens is 2. The maximum Gasteiger partial charge on any atom is 0.306 e. The van der Waals surface area contributed by atoms with Crippen molar-refractivity contribution in [3.8, 4) is 0 Å². The lowest BCUT2D eigenvalue weighted by molar-refractivity contribution is -0.144. The molecule has 1 heterocycles. The summed E-state index contributed by atoms with van der Waals surface area (Å²) in [6, 6.07) is 12.1. The van der Waals surface area contributed by atoms with Crippen LogP contribution in [0.5, 0.6) is 0 Å². The molecule has 0 atom stereocenters. The van der Waals surface area contributed by atoms with Gasteiger partial charge in [-0.2, -0.15) is 0 Å². The summed E-state index contributed by atoms with van der Waals surface area (Å²) in [5.74, 6) is 0.0169. The lowest BCUT2D eigenvalue weighted by Crippen LogP contribution is -2.14. The van der Waals surface area contributed by atoms with Crippen LogP contribution in [0.15, 0.2) is 47.3 Å². The molecule has 25 heavy (non-hydrogen) atoms. The molecule has 1 aromatic heterocycles. The van der Waals surface area contributed by atoms with Gasteiger partial charge < -0.3 is 9.72 Å². The fraction of sp³-hybridized carbons (Fsp3) is 0.167. The average molecular weight is 377 g/mol. The molecule has 128 valence electrons. The molecule has 0 aliphatic heterocycles. The first-order valence-electron chi connectivity index (χ1n) is 7.61. The summed E-state index contributed by atoms with van der Waals surface area (Å²) in [6.07, 6.45) is 0.360. The molecular formula is C18H14Cl2N2O3. The molecule has 0 fully saturated rings. The number of nitrogens with zero attached hydrogens (tertiary/aromatic N) is 1. The highest BCUT2D eigenvalue weighted by molar-refractivity contribution is 6.35. The quantitative estimate of drug-likeness (QED) is 0.685. The summed E-state index contributed by atoms with van der Waals surface area (Å²) < 4.78 is 5.20. The molecule has 0 aliphatic carbocycles. The van der Waals surface area contributed by atoms with Gasteiger partial charge in [-0.1, -0.05) is 41.4 Å². The average Bonchev–Trinajstić information content (AvgIpc) is 2.59. The normalized spacial score (nSPS) is 10.8. The van der Waals surface area contributed by atoms with Gasteiger partial charge in [0.15, 0.2) is 0 Å². The van der Waals surface area contributed by atoms with Crippen molar-refractivity contribution in [2.24, 2.45) is 0 Å². The van der Waals surface area contributed by atoms with Crippen LogP contribution in [0.4, 0.5) is 0 Å². The second-order valence-corrected chi connectivity index (χ2v) is 6.21. The fourth-order valence-electron chi connectivity index (χ4n) is 2.37. The topological polar surface area (TPSA) is 72.0 Å². The molecule has 3 rings (SSSR count). The highest BCUT2D eigenvalue weighted by Crippen LogP contribution is 2.25. The number of carbonyl (C=O) groups is 1. The molecule has 0 spiro atoms. The zero-order chi connectivity index (χ0) is 17.8. The summed E-state index contributed by atoms with van der Waals surface area (Å²) in [7, 11) is 0. The van der Waals surface area contributed by atoms with Crippen molar-refractivity contribution in [3.63, 3.8) is 0 Å². The molecule has 0 amide bonds. The van der Waals surface area contributed by atoms with Crippen LogP contribution in [0.1, 0.15) is 17.8 Å². The van der Waals surface area contributed by atoms with Crippen molar-refractivity contribution in [3.05, 3.63) is 74.3 Å². The Balaban J connectivity index is 1.62. The van der Waals surface area contributed by atoms with Gasteiger partial charge in [-0.15, -0.1) is 0 Å². The lowest BCUT2D eigenvalue weighted by atomic mass is 10.2. The van der Waals surface area contributed by atoms with E-state index >= 15 is 0 Å². The number of nitrogens with one attached hydrogen (secondary N) is 1. The first kappa shape index (κ1) is 17.5. The number of benzene rings is 2. The Kier molecular flexibility index (Phi) is 5.36.